The van der Waals surface area contributed by atoms with Crippen molar-refractivity contribution in [1.29, 1.82) is 0 Å². The molecule has 0 bridgehead atoms. The Kier molecular flexibility index (Phi) is 3.72. The Morgan fingerprint density at radius 3 is 3.15 bits per heavy atom. The molecule has 0 aromatic heterocycles. The maximum Gasteiger partial charge on any atom is 0.168 e. The van der Waals surface area contributed by atoms with Crippen LogP contribution in [-0.4, -0.2) is 54.4 Å². The van der Waals surface area contributed by atoms with Crippen LogP contribution < -0.4 is 0 Å². The van der Waals surface area contributed by atoms with E-state index in [9.17, 15) is 4.79 Å². The van der Waals surface area contributed by atoms with Crippen LogP contribution in [0.15, 0.2) is 28.4 Å². The fraction of sp³-hybridized carbons (Fsp3) is 0.600. The molecule has 0 aliphatic carbocycles. The first kappa shape index (κ1) is 13.5. The fourth-order valence-electron chi connectivity index (χ4n) is 3.16. The number of hydroxylamine groups is 2. The Bertz CT molecular complexity index is 495. The number of allylic oxidation sites excluding steroid dienone is 1. The molecule has 5 heteroatoms. The van der Waals surface area contributed by atoms with Crippen LogP contribution in [0.4, 0.5) is 0 Å². The summed E-state index contributed by atoms with van der Waals surface area (Å²) in [5.41, 5.74) is 2.37. The lowest BCUT2D eigenvalue weighted by Gasteiger charge is -2.44. The predicted molar refractivity (Wildman–Crippen MR) is 77.2 cm³/mol. The van der Waals surface area contributed by atoms with Crippen molar-refractivity contribution in [2.24, 2.45) is 4.99 Å². The minimum absolute atomic E-state index is 0.0697. The minimum Gasteiger partial charge on any atom is -0.298 e. The molecule has 3 aliphatic rings. The third kappa shape index (κ3) is 2.31. The van der Waals surface area contributed by atoms with E-state index in [0.717, 1.165) is 18.4 Å². The molecule has 0 radical (unpaired) electrons. The number of aliphatic imine (C=N–C) groups is 1. The van der Waals surface area contributed by atoms with Gasteiger partial charge in [0.1, 0.15) is 0 Å². The Labute approximate surface area is 119 Å². The average Bonchev–Trinajstić information content (AvgIpc) is 2.43. The average molecular weight is 275 g/mol. The van der Waals surface area contributed by atoms with Gasteiger partial charge in [0.25, 0.3) is 0 Å². The van der Waals surface area contributed by atoms with Crippen LogP contribution in [0.3, 0.4) is 0 Å². The van der Waals surface area contributed by atoms with Crippen LogP contribution in [0.5, 0.6) is 0 Å². The third-order valence-corrected chi connectivity index (χ3v) is 3.92. The predicted octanol–water partition coefficient (Wildman–Crippen LogP) is 1.53. The summed E-state index contributed by atoms with van der Waals surface area (Å²) in [5, 5.41) is 1.82. The molecular weight excluding hydrogens is 254 g/mol. The van der Waals surface area contributed by atoms with E-state index in [-0.39, 0.29) is 18.0 Å². The number of carbonyl (C=O) groups is 1. The Hall–Kier alpha value is -1.46. The van der Waals surface area contributed by atoms with E-state index >= 15 is 0 Å². The van der Waals surface area contributed by atoms with Crippen LogP contribution in [0.1, 0.15) is 26.2 Å². The van der Waals surface area contributed by atoms with Crippen molar-refractivity contribution in [3.8, 4) is 0 Å². The molecule has 1 saturated heterocycles. The molecule has 20 heavy (non-hydrogen) atoms. The van der Waals surface area contributed by atoms with Crippen molar-refractivity contribution in [2.75, 3.05) is 20.2 Å². The van der Waals surface area contributed by atoms with Gasteiger partial charge in [-0.2, -0.15) is 0 Å². The first-order chi connectivity index (χ1) is 9.70. The summed E-state index contributed by atoms with van der Waals surface area (Å²) in [5.74, 6) is 0.267. The third-order valence-electron chi connectivity index (χ3n) is 3.92. The number of piperidine rings is 1. The summed E-state index contributed by atoms with van der Waals surface area (Å²) < 4.78 is 0. The molecule has 2 unspecified atom stereocenters. The zero-order valence-electron chi connectivity index (χ0n) is 12.1. The van der Waals surface area contributed by atoms with Gasteiger partial charge in [-0.25, -0.2) is 5.06 Å². The number of Topliss-reactive ketones (excluding diaryl/α,β-unsaturated/α-hetero) is 1. The lowest BCUT2D eigenvalue weighted by atomic mass is 9.85. The number of ketones is 1. The van der Waals surface area contributed by atoms with Gasteiger partial charge in [-0.05, 0) is 24.6 Å². The number of dihydropyridines is 1. The van der Waals surface area contributed by atoms with Crippen LogP contribution in [0, 0.1) is 0 Å². The largest absolute Gasteiger partial charge is 0.298 e. The SMILES string of the molecule is CCCON1C=C2CC(=O)CN(C)C2C2=CCC=NC21. The van der Waals surface area contributed by atoms with Gasteiger partial charge in [-0.3, -0.25) is 19.5 Å². The van der Waals surface area contributed by atoms with Crippen molar-refractivity contribution in [3.05, 3.63) is 23.4 Å². The zero-order chi connectivity index (χ0) is 14.1. The molecule has 1 fully saturated rings. The number of fused-ring (bicyclic) bond motifs is 3. The van der Waals surface area contributed by atoms with E-state index in [1.165, 1.54) is 5.57 Å². The summed E-state index contributed by atoms with van der Waals surface area (Å²) in [4.78, 5) is 24.3. The molecule has 3 rings (SSSR count). The number of rotatable bonds is 3. The Balaban J connectivity index is 1.94. The first-order valence-electron chi connectivity index (χ1n) is 7.26. The topological polar surface area (TPSA) is 45.1 Å². The van der Waals surface area contributed by atoms with Gasteiger partial charge in [-0.15, -0.1) is 0 Å². The highest BCUT2D eigenvalue weighted by molar-refractivity contribution is 5.85. The number of likely N-dealkylation sites (tertiary alicyclic amines) is 1. The molecular formula is C15H21N3O2. The van der Waals surface area contributed by atoms with Gasteiger partial charge in [0.05, 0.1) is 19.2 Å². The second-order valence-electron chi connectivity index (χ2n) is 5.58. The lowest BCUT2D eigenvalue weighted by molar-refractivity contribution is -0.146. The molecule has 108 valence electrons. The van der Waals surface area contributed by atoms with E-state index in [1.54, 1.807) is 0 Å². The van der Waals surface area contributed by atoms with Gasteiger partial charge in [0.2, 0.25) is 0 Å². The van der Waals surface area contributed by atoms with Crippen LogP contribution >= 0.6 is 0 Å². The standard InChI is InChI=1S/C15H21N3O2/c1-3-7-20-18-9-11-8-12(19)10-17(2)14(11)13-5-4-6-16-15(13)18/h5-6,9,14-15H,3-4,7-8,10H2,1-2H3. The molecule has 0 aromatic rings. The number of hydrogen-bond acceptors (Lipinski definition) is 5. The van der Waals surface area contributed by atoms with E-state index in [2.05, 4.69) is 22.9 Å². The van der Waals surface area contributed by atoms with Crippen molar-refractivity contribution in [2.45, 2.75) is 38.4 Å². The maximum absolute atomic E-state index is 11.8. The Morgan fingerprint density at radius 1 is 1.50 bits per heavy atom. The molecule has 5 nitrogen and oxygen atoms in total. The van der Waals surface area contributed by atoms with Gasteiger partial charge in [0.15, 0.2) is 11.9 Å². The van der Waals surface area contributed by atoms with Gasteiger partial charge >= 0.3 is 0 Å². The second kappa shape index (κ2) is 5.50. The van der Waals surface area contributed by atoms with Crippen LogP contribution in [-0.2, 0) is 9.63 Å². The fourth-order valence-corrected chi connectivity index (χ4v) is 3.16. The zero-order valence-corrected chi connectivity index (χ0v) is 12.1. The quantitative estimate of drug-likeness (QED) is 0.733. The van der Waals surface area contributed by atoms with E-state index in [4.69, 9.17) is 4.84 Å². The second-order valence-corrected chi connectivity index (χ2v) is 5.58. The van der Waals surface area contributed by atoms with Gasteiger partial charge in [0, 0.05) is 25.3 Å². The van der Waals surface area contributed by atoms with Crippen molar-refractivity contribution >= 4 is 12.0 Å². The van der Waals surface area contributed by atoms with Gasteiger partial charge < -0.3 is 0 Å². The highest BCUT2D eigenvalue weighted by Gasteiger charge is 2.40. The normalized spacial score (nSPS) is 29.7. The molecule has 0 saturated carbocycles. The van der Waals surface area contributed by atoms with Crippen molar-refractivity contribution in [1.82, 2.24) is 9.96 Å². The first-order valence-corrected chi connectivity index (χ1v) is 7.26. The molecule has 3 heterocycles. The summed E-state index contributed by atoms with van der Waals surface area (Å²) in [6.07, 6.45) is 8.41. The Morgan fingerprint density at radius 2 is 2.35 bits per heavy atom. The van der Waals surface area contributed by atoms with E-state index in [0.29, 0.717) is 19.6 Å². The van der Waals surface area contributed by atoms with E-state index < -0.39 is 0 Å². The molecule has 0 aromatic carbocycles. The number of carbonyl (C=O) groups excluding carboxylic acids is 1. The summed E-state index contributed by atoms with van der Waals surface area (Å²) >= 11 is 0. The van der Waals surface area contributed by atoms with Crippen molar-refractivity contribution < 1.29 is 9.63 Å². The van der Waals surface area contributed by atoms with Gasteiger partial charge in [-0.1, -0.05) is 13.0 Å². The highest BCUT2D eigenvalue weighted by Crippen LogP contribution is 2.36. The summed E-state index contributed by atoms with van der Waals surface area (Å²) in [7, 11) is 2.01. The lowest BCUT2D eigenvalue weighted by Crippen LogP contribution is -2.52. The number of hydrogen-bond donors (Lipinski definition) is 0. The number of nitrogens with zero attached hydrogens (tertiary/aromatic N) is 3. The summed E-state index contributed by atoms with van der Waals surface area (Å²) in [6.45, 7) is 3.27. The minimum atomic E-state index is -0.0697. The van der Waals surface area contributed by atoms with Crippen LogP contribution in [0.25, 0.3) is 0 Å². The molecule has 0 N–H and O–H groups in total. The maximum atomic E-state index is 11.8. The van der Waals surface area contributed by atoms with E-state index in [1.807, 2.05) is 24.5 Å². The molecule has 0 amide bonds. The summed E-state index contributed by atoms with van der Waals surface area (Å²) in [6, 6.07) is 0.205. The smallest absolute Gasteiger partial charge is 0.168 e. The monoisotopic (exact) mass is 275 g/mol. The molecule has 0 spiro atoms. The number of likely N-dealkylation sites (N-methyl/N-ethyl adjacent to an activating group) is 1. The van der Waals surface area contributed by atoms with Crippen molar-refractivity contribution in [3.63, 3.8) is 0 Å². The molecule has 2 atom stereocenters. The highest BCUT2D eigenvalue weighted by atomic mass is 16.7. The molecule has 3 aliphatic heterocycles. The van der Waals surface area contributed by atoms with Crippen LogP contribution in [0.2, 0.25) is 0 Å².